The predicted molar refractivity (Wildman–Crippen MR) is 85.5 cm³/mol. The Balaban J connectivity index is 2.03. The maximum atomic E-state index is 8.71. The third-order valence-electron chi connectivity index (χ3n) is 2.91. The van der Waals surface area contributed by atoms with E-state index in [-0.39, 0.29) is 6.61 Å². The van der Waals surface area contributed by atoms with E-state index in [1.54, 1.807) is 0 Å². The lowest BCUT2D eigenvalue weighted by Crippen LogP contribution is -1.96. The number of halogens is 1. The molecule has 2 rings (SSSR count). The summed E-state index contributed by atoms with van der Waals surface area (Å²) < 4.78 is 5.76. The van der Waals surface area contributed by atoms with Gasteiger partial charge in [-0.25, -0.2) is 0 Å². The number of hydrogen-bond acceptors (Lipinski definition) is 2. The molecule has 0 bridgehead atoms. The standard InChI is InChI=1S/C18H17ClO2/c1-14-8-9-16(18(19)11-14)13-21-17-7-4-6-15(12-17)5-2-3-10-20/h4,6-9,11-12,20H,3,10,13H2,1H3. The van der Waals surface area contributed by atoms with Crippen molar-refractivity contribution in [1.29, 1.82) is 0 Å². The molecule has 0 amide bonds. The van der Waals surface area contributed by atoms with Crippen LogP contribution in [0.4, 0.5) is 0 Å². The fourth-order valence-electron chi connectivity index (χ4n) is 1.81. The summed E-state index contributed by atoms with van der Waals surface area (Å²) in [5.41, 5.74) is 2.96. The van der Waals surface area contributed by atoms with Crippen LogP contribution in [0.5, 0.6) is 5.75 Å². The normalized spacial score (nSPS) is 9.86. The third kappa shape index (κ3) is 4.82. The van der Waals surface area contributed by atoms with Gasteiger partial charge in [-0.05, 0) is 36.8 Å². The average molecular weight is 301 g/mol. The molecule has 2 aromatic rings. The molecule has 0 aromatic heterocycles. The molecule has 0 saturated carbocycles. The van der Waals surface area contributed by atoms with Crippen LogP contribution in [0.2, 0.25) is 5.02 Å². The maximum absolute atomic E-state index is 8.71. The highest BCUT2D eigenvalue weighted by Gasteiger charge is 2.02. The SMILES string of the molecule is Cc1ccc(COc2cccc(C#CCCO)c2)c(Cl)c1. The van der Waals surface area contributed by atoms with E-state index in [2.05, 4.69) is 11.8 Å². The van der Waals surface area contributed by atoms with E-state index in [0.29, 0.717) is 18.1 Å². The molecule has 0 atom stereocenters. The van der Waals surface area contributed by atoms with Crippen molar-refractivity contribution in [3.63, 3.8) is 0 Å². The van der Waals surface area contributed by atoms with E-state index in [1.165, 1.54) is 0 Å². The van der Waals surface area contributed by atoms with Crippen molar-refractivity contribution in [3.8, 4) is 17.6 Å². The monoisotopic (exact) mass is 300 g/mol. The van der Waals surface area contributed by atoms with Crippen molar-refractivity contribution >= 4 is 11.6 Å². The first-order valence-corrected chi connectivity index (χ1v) is 7.14. The van der Waals surface area contributed by atoms with Crippen LogP contribution >= 0.6 is 11.6 Å². The molecule has 0 spiro atoms. The third-order valence-corrected chi connectivity index (χ3v) is 3.26. The van der Waals surface area contributed by atoms with Gasteiger partial charge in [0.1, 0.15) is 12.4 Å². The summed E-state index contributed by atoms with van der Waals surface area (Å²) in [6.45, 7) is 2.51. The predicted octanol–water partition coefficient (Wildman–Crippen LogP) is 3.96. The Hall–Kier alpha value is -1.95. The largest absolute Gasteiger partial charge is 0.489 e. The number of ether oxygens (including phenoxy) is 1. The summed E-state index contributed by atoms with van der Waals surface area (Å²) in [6, 6.07) is 13.5. The van der Waals surface area contributed by atoms with Crippen molar-refractivity contribution in [2.24, 2.45) is 0 Å². The molecule has 0 unspecified atom stereocenters. The molecule has 21 heavy (non-hydrogen) atoms. The number of aliphatic hydroxyl groups is 1. The van der Waals surface area contributed by atoms with Crippen molar-refractivity contribution in [2.75, 3.05) is 6.61 Å². The minimum atomic E-state index is 0.0785. The first kappa shape index (κ1) is 15.4. The smallest absolute Gasteiger partial charge is 0.121 e. The molecular formula is C18H17ClO2. The van der Waals surface area contributed by atoms with Crippen LogP contribution in [-0.4, -0.2) is 11.7 Å². The van der Waals surface area contributed by atoms with Gasteiger partial charge in [-0.2, -0.15) is 0 Å². The lowest BCUT2D eigenvalue weighted by molar-refractivity contribution is 0.305. The van der Waals surface area contributed by atoms with Gasteiger partial charge >= 0.3 is 0 Å². The molecule has 3 heteroatoms. The molecule has 0 saturated heterocycles. The lowest BCUT2D eigenvalue weighted by atomic mass is 10.1. The van der Waals surface area contributed by atoms with Crippen molar-refractivity contribution in [2.45, 2.75) is 20.0 Å². The van der Waals surface area contributed by atoms with Crippen molar-refractivity contribution in [1.82, 2.24) is 0 Å². The van der Waals surface area contributed by atoms with Crippen LogP contribution in [-0.2, 0) is 6.61 Å². The van der Waals surface area contributed by atoms with Crippen LogP contribution in [0.25, 0.3) is 0 Å². The van der Waals surface area contributed by atoms with Gasteiger partial charge in [0.05, 0.1) is 6.61 Å². The molecule has 0 radical (unpaired) electrons. The summed E-state index contributed by atoms with van der Waals surface area (Å²) >= 11 is 6.19. The van der Waals surface area contributed by atoms with Crippen LogP contribution < -0.4 is 4.74 Å². The van der Waals surface area contributed by atoms with Crippen LogP contribution in [0.1, 0.15) is 23.1 Å². The minimum absolute atomic E-state index is 0.0785. The Morgan fingerprint density at radius 2 is 2.05 bits per heavy atom. The molecule has 0 aliphatic heterocycles. The fourth-order valence-corrected chi connectivity index (χ4v) is 2.10. The molecule has 0 aliphatic rings. The van der Waals surface area contributed by atoms with Gasteiger partial charge in [-0.3, -0.25) is 0 Å². The zero-order valence-corrected chi connectivity index (χ0v) is 12.7. The average Bonchev–Trinajstić information content (AvgIpc) is 2.47. The van der Waals surface area contributed by atoms with E-state index >= 15 is 0 Å². The summed E-state index contributed by atoms with van der Waals surface area (Å²) in [5.74, 6) is 6.63. The Morgan fingerprint density at radius 1 is 1.19 bits per heavy atom. The molecule has 0 aliphatic carbocycles. The number of benzene rings is 2. The van der Waals surface area contributed by atoms with Gasteiger partial charge in [-0.1, -0.05) is 41.6 Å². The molecule has 0 heterocycles. The second-order valence-electron chi connectivity index (χ2n) is 4.69. The summed E-state index contributed by atoms with van der Waals surface area (Å²) in [7, 11) is 0. The summed E-state index contributed by atoms with van der Waals surface area (Å²) in [6.07, 6.45) is 0.476. The number of hydrogen-bond donors (Lipinski definition) is 1. The first-order valence-electron chi connectivity index (χ1n) is 6.76. The van der Waals surface area contributed by atoms with E-state index in [4.69, 9.17) is 21.4 Å². The van der Waals surface area contributed by atoms with E-state index in [1.807, 2.05) is 49.4 Å². The second kappa shape index (κ2) is 7.73. The topological polar surface area (TPSA) is 29.5 Å². The van der Waals surface area contributed by atoms with Crippen molar-refractivity contribution < 1.29 is 9.84 Å². The van der Waals surface area contributed by atoms with E-state index in [9.17, 15) is 0 Å². The lowest BCUT2D eigenvalue weighted by Gasteiger charge is -2.08. The van der Waals surface area contributed by atoms with Crippen molar-refractivity contribution in [3.05, 3.63) is 64.2 Å². The highest BCUT2D eigenvalue weighted by molar-refractivity contribution is 6.31. The number of aryl methyl sites for hydroxylation is 1. The van der Waals surface area contributed by atoms with Gasteiger partial charge in [0, 0.05) is 22.6 Å². The van der Waals surface area contributed by atoms with Gasteiger partial charge < -0.3 is 9.84 Å². The molecule has 2 nitrogen and oxygen atoms in total. The van der Waals surface area contributed by atoms with E-state index < -0.39 is 0 Å². The number of aliphatic hydroxyl groups excluding tert-OH is 1. The Labute approximate surface area is 130 Å². The minimum Gasteiger partial charge on any atom is -0.489 e. The van der Waals surface area contributed by atoms with Crippen LogP contribution in [0.3, 0.4) is 0 Å². The van der Waals surface area contributed by atoms with Gasteiger partial charge in [0.25, 0.3) is 0 Å². The Bertz CT molecular complexity index is 668. The molecule has 0 fully saturated rings. The van der Waals surface area contributed by atoms with Gasteiger partial charge in [-0.15, -0.1) is 0 Å². The zero-order chi connectivity index (χ0) is 15.1. The molecule has 108 valence electrons. The van der Waals surface area contributed by atoms with Gasteiger partial charge in [0.2, 0.25) is 0 Å². The van der Waals surface area contributed by atoms with Gasteiger partial charge in [0.15, 0.2) is 0 Å². The summed E-state index contributed by atoms with van der Waals surface area (Å²) in [4.78, 5) is 0. The Morgan fingerprint density at radius 3 is 2.81 bits per heavy atom. The highest BCUT2D eigenvalue weighted by Crippen LogP contribution is 2.20. The maximum Gasteiger partial charge on any atom is 0.121 e. The zero-order valence-electron chi connectivity index (χ0n) is 11.9. The number of rotatable bonds is 4. The second-order valence-corrected chi connectivity index (χ2v) is 5.09. The molecular weight excluding hydrogens is 284 g/mol. The summed E-state index contributed by atoms with van der Waals surface area (Å²) in [5, 5.41) is 9.43. The fraction of sp³-hybridized carbons (Fsp3) is 0.222. The van der Waals surface area contributed by atoms with E-state index in [0.717, 1.165) is 22.4 Å². The molecule has 1 N–H and O–H groups in total. The van der Waals surface area contributed by atoms with Crippen LogP contribution in [0, 0.1) is 18.8 Å². The van der Waals surface area contributed by atoms with Crippen LogP contribution in [0.15, 0.2) is 42.5 Å². The quantitative estimate of drug-likeness (QED) is 0.866. The molecule has 2 aromatic carbocycles. The first-order chi connectivity index (χ1) is 10.2. The Kier molecular flexibility index (Phi) is 5.68. The highest BCUT2D eigenvalue weighted by atomic mass is 35.5.